The van der Waals surface area contributed by atoms with Gasteiger partial charge in [-0.25, -0.2) is 4.98 Å². The van der Waals surface area contributed by atoms with Crippen LogP contribution in [-0.2, 0) is 4.79 Å². The van der Waals surface area contributed by atoms with E-state index in [0.717, 1.165) is 55.4 Å². The summed E-state index contributed by atoms with van der Waals surface area (Å²) in [6.45, 7) is 8.70. The summed E-state index contributed by atoms with van der Waals surface area (Å²) in [6, 6.07) is 12.1. The summed E-state index contributed by atoms with van der Waals surface area (Å²) in [5, 5.41) is 3.04. The van der Waals surface area contributed by atoms with Crippen molar-refractivity contribution in [2.75, 3.05) is 42.9 Å². The lowest BCUT2D eigenvalue weighted by atomic mass is 10.1. The first kappa shape index (κ1) is 17.4. The van der Waals surface area contributed by atoms with Crippen LogP contribution in [0.2, 0.25) is 0 Å². The highest BCUT2D eigenvalue weighted by atomic mass is 16.1. The van der Waals surface area contributed by atoms with Crippen molar-refractivity contribution >= 4 is 17.4 Å². The number of piperazine rings is 1. The number of hydrogen-bond donors (Lipinski definition) is 1. The number of amides is 1. The third-order valence-electron chi connectivity index (χ3n) is 4.67. The van der Waals surface area contributed by atoms with E-state index in [1.54, 1.807) is 0 Å². The Morgan fingerprint density at radius 3 is 2.64 bits per heavy atom. The molecule has 1 aliphatic heterocycles. The number of carbonyl (C=O) groups is 1. The van der Waals surface area contributed by atoms with Gasteiger partial charge in [0.25, 0.3) is 0 Å². The number of hydrogen-bond acceptors (Lipinski definition) is 4. The van der Waals surface area contributed by atoms with Crippen LogP contribution in [-0.4, -0.2) is 48.5 Å². The zero-order valence-corrected chi connectivity index (χ0v) is 15.0. The van der Waals surface area contributed by atoms with Crippen molar-refractivity contribution in [1.82, 2.24) is 9.88 Å². The Bertz CT molecular complexity index is 709. The van der Waals surface area contributed by atoms with Gasteiger partial charge in [-0.2, -0.15) is 0 Å². The molecule has 0 spiro atoms. The van der Waals surface area contributed by atoms with E-state index in [0.29, 0.717) is 6.42 Å². The third kappa shape index (κ3) is 4.79. The van der Waals surface area contributed by atoms with Crippen molar-refractivity contribution in [2.24, 2.45) is 0 Å². The third-order valence-corrected chi connectivity index (χ3v) is 4.67. The quantitative estimate of drug-likeness (QED) is 0.911. The molecule has 1 aromatic carbocycles. The summed E-state index contributed by atoms with van der Waals surface area (Å²) in [6.07, 6.45) is 2.36. The number of benzene rings is 1. The molecule has 1 aromatic heterocycles. The normalized spacial score (nSPS) is 15.2. The van der Waals surface area contributed by atoms with Crippen molar-refractivity contribution in [2.45, 2.75) is 20.3 Å². The fourth-order valence-electron chi connectivity index (χ4n) is 3.08. The molecule has 25 heavy (non-hydrogen) atoms. The molecule has 1 aliphatic rings. The second-order valence-corrected chi connectivity index (χ2v) is 6.63. The summed E-state index contributed by atoms with van der Waals surface area (Å²) in [5.74, 6) is 1.12. The molecule has 1 N–H and O–H groups in total. The molecule has 5 heteroatoms. The zero-order chi connectivity index (χ0) is 17.6. The molecule has 0 saturated carbocycles. The van der Waals surface area contributed by atoms with Crippen LogP contribution in [0.25, 0.3) is 0 Å². The fraction of sp³-hybridized carbons (Fsp3) is 0.400. The first-order valence-corrected chi connectivity index (χ1v) is 8.87. The summed E-state index contributed by atoms with van der Waals surface area (Å²) < 4.78 is 0. The number of nitrogens with one attached hydrogen (secondary N) is 1. The van der Waals surface area contributed by atoms with Crippen LogP contribution in [0.3, 0.4) is 0 Å². The van der Waals surface area contributed by atoms with Gasteiger partial charge in [-0.1, -0.05) is 18.2 Å². The monoisotopic (exact) mass is 338 g/mol. The lowest BCUT2D eigenvalue weighted by molar-refractivity contribution is -0.116. The van der Waals surface area contributed by atoms with Gasteiger partial charge in [0.05, 0.1) is 0 Å². The summed E-state index contributed by atoms with van der Waals surface area (Å²) in [5.41, 5.74) is 3.18. The molecular weight excluding hydrogens is 312 g/mol. The highest BCUT2D eigenvalue weighted by Gasteiger charge is 2.18. The maximum Gasteiger partial charge on any atom is 0.225 e. The molecule has 0 bridgehead atoms. The van der Waals surface area contributed by atoms with Gasteiger partial charge in [-0.05, 0) is 43.2 Å². The molecule has 0 radical (unpaired) electrons. The van der Waals surface area contributed by atoms with Gasteiger partial charge < -0.3 is 10.2 Å². The maximum absolute atomic E-state index is 12.2. The number of nitrogens with zero attached hydrogens (tertiary/aromatic N) is 3. The molecule has 0 aliphatic carbocycles. The molecule has 0 unspecified atom stereocenters. The number of carbonyl (C=O) groups excluding carboxylic acids is 1. The SMILES string of the molecule is Cc1ccc(C)c(NC(=O)CCN2CCN(c3ccccn3)CC2)c1. The first-order chi connectivity index (χ1) is 12.1. The number of pyridine rings is 1. The topological polar surface area (TPSA) is 48.5 Å². The van der Waals surface area contributed by atoms with E-state index in [4.69, 9.17) is 0 Å². The minimum absolute atomic E-state index is 0.0841. The fourth-order valence-corrected chi connectivity index (χ4v) is 3.08. The van der Waals surface area contributed by atoms with E-state index in [1.165, 1.54) is 0 Å². The van der Waals surface area contributed by atoms with Crippen LogP contribution in [0.1, 0.15) is 17.5 Å². The minimum atomic E-state index is 0.0841. The average Bonchev–Trinajstić information content (AvgIpc) is 2.64. The molecule has 1 amide bonds. The van der Waals surface area contributed by atoms with Crippen LogP contribution in [0.5, 0.6) is 0 Å². The van der Waals surface area contributed by atoms with Gasteiger partial charge >= 0.3 is 0 Å². The van der Waals surface area contributed by atoms with Crippen LogP contribution < -0.4 is 10.2 Å². The Hall–Kier alpha value is -2.40. The van der Waals surface area contributed by atoms with Crippen molar-refractivity contribution in [3.05, 3.63) is 53.7 Å². The summed E-state index contributed by atoms with van der Waals surface area (Å²) in [7, 11) is 0. The smallest absolute Gasteiger partial charge is 0.225 e. The minimum Gasteiger partial charge on any atom is -0.354 e. The van der Waals surface area contributed by atoms with Gasteiger partial charge in [0, 0.05) is 51.0 Å². The molecule has 1 saturated heterocycles. The lowest BCUT2D eigenvalue weighted by Gasteiger charge is -2.35. The predicted octanol–water partition coefficient (Wildman–Crippen LogP) is 2.85. The Labute approximate surface area is 149 Å². The van der Waals surface area contributed by atoms with E-state index < -0.39 is 0 Å². The molecule has 3 rings (SSSR count). The van der Waals surface area contributed by atoms with Crippen molar-refractivity contribution < 1.29 is 4.79 Å². The van der Waals surface area contributed by atoms with Gasteiger partial charge in [0.1, 0.15) is 5.82 Å². The Morgan fingerprint density at radius 1 is 1.12 bits per heavy atom. The highest BCUT2D eigenvalue weighted by molar-refractivity contribution is 5.91. The van der Waals surface area contributed by atoms with Gasteiger partial charge in [-0.3, -0.25) is 9.69 Å². The second kappa shape index (κ2) is 8.12. The standard InChI is InChI=1S/C20H26N4O/c1-16-6-7-17(2)18(15-16)22-20(25)8-10-23-11-13-24(14-12-23)19-5-3-4-9-21-19/h3-7,9,15H,8,10-14H2,1-2H3,(H,22,25). The van der Waals surface area contributed by atoms with E-state index in [9.17, 15) is 4.79 Å². The van der Waals surface area contributed by atoms with Gasteiger partial charge in [0.2, 0.25) is 5.91 Å². The molecule has 2 heterocycles. The molecule has 0 atom stereocenters. The van der Waals surface area contributed by atoms with Crippen molar-refractivity contribution in [3.8, 4) is 0 Å². The summed E-state index contributed by atoms with van der Waals surface area (Å²) in [4.78, 5) is 21.3. The number of aromatic nitrogens is 1. The van der Waals surface area contributed by atoms with E-state index in [-0.39, 0.29) is 5.91 Å². The van der Waals surface area contributed by atoms with Gasteiger partial charge in [0.15, 0.2) is 0 Å². The number of anilines is 2. The Balaban J connectivity index is 1.44. The van der Waals surface area contributed by atoms with Crippen molar-refractivity contribution in [3.63, 3.8) is 0 Å². The van der Waals surface area contributed by atoms with E-state index in [1.807, 2.05) is 50.4 Å². The van der Waals surface area contributed by atoms with Crippen LogP contribution >= 0.6 is 0 Å². The molecule has 2 aromatic rings. The summed E-state index contributed by atoms with van der Waals surface area (Å²) >= 11 is 0. The number of rotatable bonds is 5. The molecule has 132 valence electrons. The lowest BCUT2D eigenvalue weighted by Crippen LogP contribution is -2.47. The average molecular weight is 338 g/mol. The zero-order valence-electron chi connectivity index (χ0n) is 15.0. The van der Waals surface area contributed by atoms with Gasteiger partial charge in [-0.15, -0.1) is 0 Å². The van der Waals surface area contributed by atoms with Crippen LogP contribution in [0.15, 0.2) is 42.6 Å². The van der Waals surface area contributed by atoms with Crippen molar-refractivity contribution in [1.29, 1.82) is 0 Å². The van der Waals surface area contributed by atoms with Crippen LogP contribution in [0, 0.1) is 13.8 Å². The molecule has 5 nitrogen and oxygen atoms in total. The highest BCUT2D eigenvalue weighted by Crippen LogP contribution is 2.17. The Morgan fingerprint density at radius 2 is 1.92 bits per heavy atom. The number of aryl methyl sites for hydroxylation is 2. The van der Waals surface area contributed by atoms with Crippen LogP contribution in [0.4, 0.5) is 11.5 Å². The largest absolute Gasteiger partial charge is 0.354 e. The Kier molecular flexibility index (Phi) is 5.66. The molecular formula is C20H26N4O. The predicted molar refractivity (Wildman–Crippen MR) is 102 cm³/mol. The van der Waals surface area contributed by atoms with E-state index >= 15 is 0 Å². The second-order valence-electron chi connectivity index (χ2n) is 6.63. The van der Waals surface area contributed by atoms with E-state index in [2.05, 4.69) is 26.2 Å². The molecule has 1 fully saturated rings. The maximum atomic E-state index is 12.2. The first-order valence-electron chi connectivity index (χ1n) is 8.87.